The minimum atomic E-state index is -0.184. The van der Waals surface area contributed by atoms with Crippen molar-refractivity contribution in [3.8, 4) is 0 Å². The standard InChI is InChI=1S/C16H25FN2O/c1-3-18-11-16(9-10-20-13-16)12-19(4-2)15-7-5-14(17)6-8-15/h5-8,18H,3-4,9-13H2,1-2H3. The minimum Gasteiger partial charge on any atom is -0.381 e. The van der Waals surface area contributed by atoms with Gasteiger partial charge in [0.15, 0.2) is 0 Å². The zero-order chi connectivity index (χ0) is 14.4. The Hall–Kier alpha value is -1.13. The molecular weight excluding hydrogens is 255 g/mol. The summed E-state index contributed by atoms with van der Waals surface area (Å²) in [6.07, 6.45) is 1.08. The normalized spacial score (nSPS) is 22.1. The molecule has 2 rings (SSSR count). The Labute approximate surface area is 121 Å². The average Bonchev–Trinajstić information content (AvgIpc) is 2.93. The first-order valence-electron chi connectivity index (χ1n) is 7.48. The first kappa shape index (κ1) is 15.3. The first-order chi connectivity index (χ1) is 9.69. The molecule has 1 aliphatic rings. The third-order valence-electron chi connectivity index (χ3n) is 4.03. The molecule has 1 atom stereocenters. The van der Waals surface area contributed by atoms with Gasteiger partial charge in [-0.15, -0.1) is 0 Å². The predicted molar refractivity (Wildman–Crippen MR) is 80.7 cm³/mol. The van der Waals surface area contributed by atoms with Crippen LogP contribution in [0.3, 0.4) is 0 Å². The largest absolute Gasteiger partial charge is 0.381 e. The highest BCUT2D eigenvalue weighted by Crippen LogP contribution is 2.31. The SMILES string of the molecule is CCNCC1(CN(CC)c2ccc(F)cc2)CCOC1. The number of benzene rings is 1. The third kappa shape index (κ3) is 3.70. The fraction of sp³-hybridized carbons (Fsp3) is 0.625. The van der Waals surface area contributed by atoms with Gasteiger partial charge in [0.25, 0.3) is 0 Å². The summed E-state index contributed by atoms with van der Waals surface area (Å²) in [5, 5.41) is 3.45. The quantitative estimate of drug-likeness (QED) is 0.831. The van der Waals surface area contributed by atoms with Crippen LogP contribution < -0.4 is 10.2 Å². The molecule has 1 aliphatic heterocycles. The molecule has 1 saturated heterocycles. The maximum Gasteiger partial charge on any atom is 0.123 e. The first-order valence-corrected chi connectivity index (χ1v) is 7.48. The van der Waals surface area contributed by atoms with Crippen LogP contribution in [0.25, 0.3) is 0 Å². The smallest absolute Gasteiger partial charge is 0.123 e. The molecule has 1 aromatic carbocycles. The van der Waals surface area contributed by atoms with Crippen molar-refractivity contribution >= 4 is 5.69 Å². The monoisotopic (exact) mass is 280 g/mol. The topological polar surface area (TPSA) is 24.5 Å². The Morgan fingerprint density at radius 3 is 2.60 bits per heavy atom. The van der Waals surface area contributed by atoms with Gasteiger partial charge in [-0.2, -0.15) is 0 Å². The van der Waals surface area contributed by atoms with Crippen LogP contribution in [0, 0.1) is 11.2 Å². The minimum absolute atomic E-state index is 0.167. The van der Waals surface area contributed by atoms with Crippen molar-refractivity contribution in [1.29, 1.82) is 0 Å². The lowest BCUT2D eigenvalue weighted by Gasteiger charge is -2.35. The molecule has 0 spiro atoms. The second kappa shape index (κ2) is 7.04. The van der Waals surface area contributed by atoms with Crippen LogP contribution in [-0.2, 0) is 4.74 Å². The summed E-state index contributed by atoms with van der Waals surface area (Å²) in [5.74, 6) is -0.184. The molecule has 4 heteroatoms. The zero-order valence-corrected chi connectivity index (χ0v) is 12.5. The van der Waals surface area contributed by atoms with Gasteiger partial charge in [-0.05, 0) is 44.2 Å². The molecule has 1 unspecified atom stereocenters. The average molecular weight is 280 g/mol. The number of anilines is 1. The molecule has 1 heterocycles. The fourth-order valence-corrected chi connectivity index (χ4v) is 2.80. The third-order valence-corrected chi connectivity index (χ3v) is 4.03. The lowest BCUT2D eigenvalue weighted by Crippen LogP contribution is -2.45. The molecule has 1 fully saturated rings. The van der Waals surface area contributed by atoms with Crippen molar-refractivity contribution in [1.82, 2.24) is 5.32 Å². The number of hydrogen-bond acceptors (Lipinski definition) is 3. The molecule has 0 aliphatic carbocycles. The molecule has 1 N–H and O–H groups in total. The zero-order valence-electron chi connectivity index (χ0n) is 12.5. The molecule has 112 valence electrons. The van der Waals surface area contributed by atoms with Crippen LogP contribution >= 0.6 is 0 Å². The Bertz CT molecular complexity index is 401. The summed E-state index contributed by atoms with van der Waals surface area (Å²) in [5.41, 5.74) is 1.25. The number of nitrogens with zero attached hydrogens (tertiary/aromatic N) is 1. The molecular formula is C16H25FN2O. The van der Waals surface area contributed by atoms with Gasteiger partial charge in [-0.25, -0.2) is 4.39 Å². The van der Waals surface area contributed by atoms with E-state index in [-0.39, 0.29) is 11.2 Å². The number of rotatable bonds is 7. The van der Waals surface area contributed by atoms with E-state index in [0.717, 1.165) is 51.5 Å². The Kier molecular flexibility index (Phi) is 5.38. The second-order valence-electron chi connectivity index (χ2n) is 5.57. The molecule has 0 bridgehead atoms. The highest BCUT2D eigenvalue weighted by Gasteiger charge is 2.36. The predicted octanol–water partition coefficient (Wildman–Crippen LogP) is 2.67. The van der Waals surface area contributed by atoms with E-state index in [9.17, 15) is 4.39 Å². The fourth-order valence-electron chi connectivity index (χ4n) is 2.80. The lowest BCUT2D eigenvalue weighted by molar-refractivity contribution is 0.152. The highest BCUT2D eigenvalue weighted by atomic mass is 19.1. The Morgan fingerprint density at radius 2 is 2.05 bits per heavy atom. The molecule has 3 nitrogen and oxygen atoms in total. The van der Waals surface area contributed by atoms with Gasteiger partial charge in [0, 0.05) is 37.3 Å². The highest BCUT2D eigenvalue weighted by molar-refractivity contribution is 5.46. The summed E-state index contributed by atoms with van der Waals surface area (Å²) < 4.78 is 18.7. The van der Waals surface area contributed by atoms with Crippen molar-refractivity contribution in [2.75, 3.05) is 44.3 Å². The van der Waals surface area contributed by atoms with E-state index in [2.05, 4.69) is 24.1 Å². The maximum absolute atomic E-state index is 13.1. The lowest BCUT2D eigenvalue weighted by atomic mass is 9.86. The van der Waals surface area contributed by atoms with Gasteiger partial charge < -0.3 is 15.0 Å². The Balaban J connectivity index is 2.08. The van der Waals surface area contributed by atoms with Crippen molar-refractivity contribution in [3.63, 3.8) is 0 Å². The van der Waals surface area contributed by atoms with Gasteiger partial charge in [-0.3, -0.25) is 0 Å². The summed E-state index contributed by atoms with van der Waals surface area (Å²) >= 11 is 0. The van der Waals surface area contributed by atoms with E-state index in [1.807, 2.05) is 12.1 Å². The van der Waals surface area contributed by atoms with Crippen LogP contribution in [0.5, 0.6) is 0 Å². The molecule has 0 amide bonds. The van der Waals surface area contributed by atoms with Gasteiger partial charge in [0.2, 0.25) is 0 Å². The van der Waals surface area contributed by atoms with Crippen LogP contribution in [0.2, 0.25) is 0 Å². The maximum atomic E-state index is 13.1. The molecule has 20 heavy (non-hydrogen) atoms. The van der Waals surface area contributed by atoms with Crippen molar-refractivity contribution in [2.24, 2.45) is 5.41 Å². The van der Waals surface area contributed by atoms with Gasteiger partial charge >= 0.3 is 0 Å². The number of nitrogens with one attached hydrogen (secondary N) is 1. The van der Waals surface area contributed by atoms with E-state index in [4.69, 9.17) is 4.74 Å². The van der Waals surface area contributed by atoms with Crippen molar-refractivity contribution in [2.45, 2.75) is 20.3 Å². The van der Waals surface area contributed by atoms with Crippen molar-refractivity contribution in [3.05, 3.63) is 30.1 Å². The number of hydrogen-bond donors (Lipinski definition) is 1. The van der Waals surface area contributed by atoms with Gasteiger partial charge in [0.05, 0.1) is 6.61 Å². The second-order valence-corrected chi connectivity index (χ2v) is 5.57. The van der Waals surface area contributed by atoms with Crippen LogP contribution in [0.1, 0.15) is 20.3 Å². The molecule has 1 aromatic rings. The van der Waals surface area contributed by atoms with E-state index in [1.54, 1.807) is 0 Å². The number of halogens is 1. The summed E-state index contributed by atoms with van der Waals surface area (Å²) in [4.78, 5) is 2.31. The summed E-state index contributed by atoms with van der Waals surface area (Å²) in [6, 6.07) is 6.77. The number of ether oxygens (including phenoxy) is 1. The van der Waals surface area contributed by atoms with Gasteiger partial charge in [-0.1, -0.05) is 6.92 Å². The van der Waals surface area contributed by atoms with E-state index >= 15 is 0 Å². The summed E-state index contributed by atoms with van der Waals surface area (Å²) in [7, 11) is 0. The van der Waals surface area contributed by atoms with Crippen LogP contribution in [-0.4, -0.2) is 39.4 Å². The van der Waals surface area contributed by atoms with Crippen LogP contribution in [0.15, 0.2) is 24.3 Å². The Morgan fingerprint density at radius 1 is 1.30 bits per heavy atom. The molecule has 0 saturated carbocycles. The van der Waals surface area contributed by atoms with Crippen molar-refractivity contribution < 1.29 is 9.13 Å². The van der Waals surface area contributed by atoms with E-state index < -0.39 is 0 Å². The van der Waals surface area contributed by atoms with E-state index in [1.165, 1.54) is 12.1 Å². The van der Waals surface area contributed by atoms with Crippen LogP contribution in [0.4, 0.5) is 10.1 Å². The van der Waals surface area contributed by atoms with Gasteiger partial charge in [0.1, 0.15) is 5.82 Å². The summed E-state index contributed by atoms with van der Waals surface area (Å²) in [6.45, 7) is 9.72. The molecule has 0 aromatic heterocycles. The van der Waals surface area contributed by atoms with E-state index in [0.29, 0.717) is 0 Å². The molecule has 0 radical (unpaired) electrons.